The Kier molecular flexibility index (Phi) is 2.97. The summed E-state index contributed by atoms with van der Waals surface area (Å²) < 4.78 is 13.8. The van der Waals surface area contributed by atoms with E-state index in [0.717, 1.165) is 0 Å². The fraction of sp³-hybridized carbons (Fsp3) is 0. The van der Waals surface area contributed by atoms with Gasteiger partial charge in [0.25, 0.3) is 0 Å². The van der Waals surface area contributed by atoms with Crippen LogP contribution in [0, 0.1) is 17.1 Å². The quantitative estimate of drug-likeness (QED) is 0.748. The van der Waals surface area contributed by atoms with Crippen LogP contribution in [0.1, 0.15) is 5.56 Å². The first-order chi connectivity index (χ1) is 7.70. The number of hydrogen-bond donors (Lipinski definition) is 0. The molecule has 1 aromatic carbocycles. The van der Waals surface area contributed by atoms with Crippen molar-refractivity contribution in [3.8, 4) is 17.3 Å². The highest BCUT2D eigenvalue weighted by Crippen LogP contribution is 2.23. The number of hydrogen-bond acceptors (Lipinski definition) is 2. The molecule has 2 rings (SSSR count). The van der Waals surface area contributed by atoms with Crippen molar-refractivity contribution < 1.29 is 4.39 Å². The summed E-state index contributed by atoms with van der Waals surface area (Å²) in [4.78, 5) is 4.19. The number of pyridine rings is 1. The molecule has 0 fully saturated rings. The zero-order chi connectivity index (χ0) is 11.5. The van der Waals surface area contributed by atoms with Gasteiger partial charge in [-0.15, -0.1) is 0 Å². The maximum Gasteiger partial charge on any atom is 0.123 e. The molecule has 0 aliphatic rings. The van der Waals surface area contributed by atoms with E-state index in [1.165, 1.54) is 18.2 Å². The van der Waals surface area contributed by atoms with Crippen LogP contribution in [-0.4, -0.2) is 4.98 Å². The molecule has 2 aromatic rings. The highest BCUT2D eigenvalue weighted by atomic mass is 79.9. The van der Waals surface area contributed by atoms with Crippen molar-refractivity contribution in [1.29, 1.82) is 5.26 Å². The molecule has 16 heavy (non-hydrogen) atoms. The molecule has 78 valence electrons. The van der Waals surface area contributed by atoms with Crippen LogP contribution < -0.4 is 0 Å². The number of rotatable bonds is 1. The molecule has 0 amide bonds. The van der Waals surface area contributed by atoms with E-state index in [4.69, 9.17) is 5.26 Å². The molecular formula is C12H6BrFN2. The molecule has 0 saturated heterocycles. The third-order valence-corrected chi connectivity index (χ3v) is 2.53. The molecule has 2 nitrogen and oxygen atoms in total. The van der Waals surface area contributed by atoms with Crippen molar-refractivity contribution in [1.82, 2.24) is 4.98 Å². The summed E-state index contributed by atoms with van der Waals surface area (Å²) in [7, 11) is 0. The molecule has 0 bridgehead atoms. The second kappa shape index (κ2) is 4.42. The van der Waals surface area contributed by atoms with Crippen LogP contribution in [0.3, 0.4) is 0 Å². The van der Waals surface area contributed by atoms with E-state index >= 15 is 0 Å². The Labute approximate surface area is 100 Å². The lowest BCUT2D eigenvalue weighted by molar-refractivity contribution is 0.628. The number of aromatic nitrogens is 1. The average molecular weight is 277 g/mol. The van der Waals surface area contributed by atoms with E-state index in [9.17, 15) is 4.39 Å². The summed E-state index contributed by atoms with van der Waals surface area (Å²) >= 11 is 3.24. The molecule has 0 unspecified atom stereocenters. The molecule has 1 aromatic heterocycles. The van der Waals surface area contributed by atoms with E-state index in [1.54, 1.807) is 18.2 Å². The molecule has 0 radical (unpaired) electrons. The van der Waals surface area contributed by atoms with E-state index < -0.39 is 0 Å². The Morgan fingerprint density at radius 2 is 2.06 bits per heavy atom. The van der Waals surface area contributed by atoms with Crippen LogP contribution in [0.15, 0.2) is 41.0 Å². The monoisotopic (exact) mass is 276 g/mol. The van der Waals surface area contributed by atoms with Crippen molar-refractivity contribution in [3.05, 3.63) is 52.4 Å². The topological polar surface area (TPSA) is 36.7 Å². The predicted molar refractivity (Wildman–Crippen MR) is 62.0 cm³/mol. The summed E-state index contributed by atoms with van der Waals surface area (Å²) in [5.74, 6) is -0.379. The second-order valence-electron chi connectivity index (χ2n) is 3.15. The highest BCUT2D eigenvalue weighted by Gasteiger charge is 2.07. The fourth-order valence-corrected chi connectivity index (χ4v) is 1.73. The minimum atomic E-state index is -0.379. The number of benzene rings is 1. The zero-order valence-corrected chi connectivity index (χ0v) is 9.70. The van der Waals surface area contributed by atoms with Gasteiger partial charge in [-0.3, -0.25) is 0 Å². The van der Waals surface area contributed by atoms with Gasteiger partial charge in [0.05, 0.1) is 17.3 Å². The minimum Gasteiger partial charge on any atom is -0.241 e. The predicted octanol–water partition coefficient (Wildman–Crippen LogP) is 3.52. The Morgan fingerprint density at radius 1 is 1.25 bits per heavy atom. The molecule has 0 aliphatic heterocycles. The van der Waals surface area contributed by atoms with Gasteiger partial charge in [-0.2, -0.15) is 5.26 Å². The van der Waals surface area contributed by atoms with Gasteiger partial charge in [-0.1, -0.05) is 6.07 Å². The first-order valence-electron chi connectivity index (χ1n) is 4.53. The van der Waals surface area contributed by atoms with E-state index in [2.05, 4.69) is 20.9 Å². The van der Waals surface area contributed by atoms with Gasteiger partial charge < -0.3 is 0 Å². The van der Waals surface area contributed by atoms with Gasteiger partial charge in [0.1, 0.15) is 10.4 Å². The third kappa shape index (κ3) is 2.10. The molecule has 0 spiro atoms. The number of nitriles is 1. The van der Waals surface area contributed by atoms with Crippen LogP contribution in [0.5, 0.6) is 0 Å². The zero-order valence-electron chi connectivity index (χ0n) is 8.11. The Balaban J connectivity index is 2.64. The fourth-order valence-electron chi connectivity index (χ4n) is 1.38. The molecule has 0 N–H and O–H groups in total. The first-order valence-corrected chi connectivity index (χ1v) is 5.32. The average Bonchev–Trinajstić information content (AvgIpc) is 2.29. The van der Waals surface area contributed by atoms with Crippen LogP contribution in [0.2, 0.25) is 0 Å². The van der Waals surface area contributed by atoms with Gasteiger partial charge in [-0.05, 0) is 46.3 Å². The number of nitrogens with zero attached hydrogens (tertiary/aromatic N) is 2. The second-order valence-corrected chi connectivity index (χ2v) is 3.96. The molecule has 0 aliphatic carbocycles. The maximum absolute atomic E-state index is 13.1. The summed E-state index contributed by atoms with van der Waals surface area (Å²) in [5.41, 5.74) is 1.49. The van der Waals surface area contributed by atoms with Crippen LogP contribution in [-0.2, 0) is 0 Å². The summed E-state index contributed by atoms with van der Waals surface area (Å²) in [6.45, 7) is 0. The lowest BCUT2D eigenvalue weighted by atomic mass is 10.0. The van der Waals surface area contributed by atoms with E-state index in [-0.39, 0.29) is 5.82 Å². The Hall–Kier alpha value is -1.73. The smallest absolute Gasteiger partial charge is 0.123 e. The Bertz CT molecular complexity index is 575. The molecule has 0 saturated carbocycles. The molecule has 0 atom stereocenters. The standard InChI is InChI=1S/C12H6BrFN2/c13-12-3-1-2-11(16-12)10-6-9(14)5-4-8(10)7-15/h1-6H. The van der Waals surface area contributed by atoms with Gasteiger partial charge in [0.2, 0.25) is 0 Å². The van der Waals surface area contributed by atoms with Crippen molar-refractivity contribution in [3.63, 3.8) is 0 Å². The molecular weight excluding hydrogens is 271 g/mol. The highest BCUT2D eigenvalue weighted by molar-refractivity contribution is 9.10. The van der Waals surface area contributed by atoms with Crippen molar-refractivity contribution >= 4 is 15.9 Å². The van der Waals surface area contributed by atoms with Crippen LogP contribution >= 0.6 is 15.9 Å². The van der Waals surface area contributed by atoms with Gasteiger partial charge >= 0.3 is 0 Å². The molecule has 4 heteroatoms. The van der Waals surface area contributed by atoms with Gasteiger partial charge in [0.15, 0.2) is 0 Å². The van der Waals surface area contributed by atoms with E-state index in [1.807, 2.05) is 6.07 Å². The summed E-state index contributed by atoms with van der Waals surface area (Å²) in [5, 5.41) is 8.93. The summed E-state index contributed by atoms with van der Waals surface area (Å²) in [6.07, 6.45) is 0. The molecule has 1 heterocycles. The van der Waals surface area contributed by atoms with Gasteiger partial charge in [0, 0.05) is 5.56 Å². The minimum absolute atomic E-state index is 0.379. The van der Waals surface area contributed by atoms with Crippen molar-refractivity contribution in [2.75, 3.05) is 0 Å². The SMILES string of the molecule is N#Cc1ccc(F)cc1-c1cccc(Br)n1. The Morgan fingerprint density at radius 3 is 2.75 bits per heavy atom. The normalized spacial score (nSPS) is 9.81. The lowest BCUT2D eigenvalue weighted by Gasteiger charge is -2.03. The first kappa shape index (κ1) is 10.8. The van der Waals surface area contributed by atoms with Crippen LogP contribution in [0.25, 0.3) is 11.3 Å². The van der Waals surface area contributed by atoms with Gasteiger partial charge in [-0.25, -0.2) is 9.37 Å². The van der Waals surface area contributed by atoms with E-state index in [0.29, 0.717) is 21.4 Å². The largest absolute Gasteiger partial charge is 0.241 e. The number of halogens is 2. The maximum atomic E-state index is 13.1. The summed E-state index contributed by atoms with van der Waals surface area (Å²) in [6, 6.07) is 11.3. The van der Waals surface area contributed by atoms with Crippen molar-refractivity contribution in [2.45, 2.75) is 0 Å². The van der Waals surface area contributed by atoms with Crippen molar-refractivity contribution in [2.24, 2.45) is 0 Å². The third-order valence-electron chi connectivity index (χ3n) is 2.09. The lowest BCUT2D eigenvalue weighted by Crippen LogP contribution is -1.89. The van der Waals surface area contributed by atoms with Crippen LogP contribution in [0.4, 0.5) is 4.39 Å².